The first-order valence-corrected chi connectivity index (χ1v) is 7.56. The predicted molar refractivity (Wildman–Crippen MR) is 84.7 cm³/mol. The number of carbonyl (C=O) groups is 1. The van der Waals surface area contributed by atoms with Crippen LogP contribution >= 0.6 is 11.6 Å². The van der Waals surface area contributed by atoms with Gasteiger partial charge in [-0.2, -0.15) is 5.10 Å². The van der Waals surface area contributed by atoms with Crippen molar-refractivity contribution in [3.63, 3.8) is 0 Å². The van der Waals surface area contributed by atoms with Crippen molar-refractivity contribution in [1.29, 1.82) is 0 Å². The molecule has 0 atom stereocenters. The summed E-state index contributed by atoms with van der Waals surface area (Å²) in [6.45, 7) is 1.91. The second-order valence-electron chi connectivity index (χ2n) is 5.51. The molecule has 0 aliphatic carbocycles. The van der Waals surface area contributed by atoms with Crippen molar-refractivity contribution in [1.82, 2.24) is 14.7 Å². The SMILES string of the molecule is COC(=O)Cn1nc(-c2cccc(Cl)c2)c2c1CCN(C)C2. The fourth-order valence-electron chi connectivity index (χ4n) is 2.81. The van der Waals surface area contributed by atoms with Gasteiger partial charge in [0.2, 0.25) is 0 Å². The van der Waals surface area contributed by atoms with Crippen LogP contribution in [0.4, 0.5) is 0 Å². The second kappa shape index (κ2) is 6.10. The van der Waals surface area contributed by atoms with Crippen LogP contribution in [0.1, 0.15) is 11.3 Å². The highest BCUT2D eigenvalue weighted by atomic mass is 35.5. The zero-order chi connectivity index (χ0) is 15.7. The number of aromatic nitrogens is 2. The highest BCUT2D eigenvalue weighted by molar-refractivity contribution is 6.30. The van der Waals surface area contributed by atoms with Gasteiger partial charge in [-0.3, -0.25) is 9.48 Å². The van der Waals surface area contributed by atoms with E-state index in [2.05, 4.69) is 17.0 Å². The molecule has 6 heteroatoms. The maximum absolute atomic E-state index is 11.6. The molecule has 1 aliphatic rings. The lowest BCUT2D eigenvalue weighted by molar-refractivity contribution is -0.141. The molecule has 0 N–H and O–H groups in total. The Labute approximate surface area is 134 Å². The van der Waals surface area contributed by atoms with Crippen LogP contribution in [0.3, 0.4) is 0 Å². The van der Waals surface area contributed by atoms with E-state index < -0.39 is 0 Å². The summed E-state index contributed by atoms with van der Waals surface area (Å²) in [6, 6.07) is 7.65. The number of carbonyl (C=O) groups excluding carboxylic acids is 1. The Bertz CT molecular complexity index is 711. The quantitative estimate of drug-likeness (QED) is 0.815. The minimum absolute atomic E-state index is 0.142. The molecule has 2 heterocycles. The van der Waals surface area contributed by atoms with E-state index in [-0.39, 0.29) is 12.5 Å². The molecule has 0 radical (unpaired) electrons. The standard InChI is InChI=1S/C16H18ClN3O2/c1-19-7-6-14-13(9-19)16(11-4-3-5-12(17)8-11)18-20(14)10-15(21)22-2/h3-5,8H,6-7,9-10H2,1-2H3. The van der Waals surface area contributed by atoms with Crippen molar-refractivity contribution < 1.29 is 9.53 Å². The van der Waals surface area contributed by atoms with Crippen molar-refractivity contribution in [2.75, 3.05) is 20.7 Å². The van der Waals surface area contributed by atoms with E-state index in [1.165, 1.54) is 12.7 Å². The van der Waals surface area contributed by atoms with Gasteiger partial charge in [0.25, 0.3) is 0 Å². The molecule has 3 rings (SSSR count). The smallest absolute Gasteiger partial charge is 0.327 e. The molecule has 0 spiro atoms. The lowest BCUT2D eigenvalue weighted by Crippen LogP contribution is -2.28. The number of fused-ring (bicyclic) bond motifs is 1. The van der Waals surface area contributed by atoms with E-state index in [4.69, 9.17) is 16.3 Å². The molecule has 0 saturated heterocycles. The van der Waals surface area contributed by atoms with Gasteiger partial charge in [-0.15, -0.1) is 0 Å². The Hall–Kier alpha value is -1.85. The fraction of sp³-hybridized carbons (Fsp3) is 0.375. The lowest BCUT2D eigenvalue weighted by Gasteiger charge is -2.23. The zero-order valence-corrected chi connectivity index (χ0v) is 13.4. The van der Waals surface area contributed by atoms with Gasteiger partial charge in [0, 0.05) is 41.4 Å². The van der Waals surface area contributed by atoms with Gasteiger partial charge < -0.3 is 9.64 Å². The molecule has 0 bridgehead atoms. The summed E-state index contributed by atoms with van der Waals surface area (Å²) in [6.07, 6.45) is 0.871. The van der Waals surface area contributed by atoms with Gasteiger partial charge in [-0.25, -0.2) is 0 Å². The maximum atomic E-state index is 11.6. The maximum Gasteiger partial charge on any atom is 0.327 e. The van der Waals surface area contributed by atoms with E-state index in [0.29, 0.717) is 5.02 Å². The summed E-state index contributed by atoms with van der Waals surface area (Å²) in [5.74, 6) is -0.290. The third kappa shape index (κ3) is 2.87. The minimum Gasteiger partial charge on any atom is -0.468 e. The van der Waals surface area contributed by atoms with E-state index in [9.17, 15) is 4.79 Å². The topological polar surface area (TPSA) is 47.4 Å². The van der Waals surface area contributed by atoms with Gasteiger partial charge in [0.05, 0.1) is 12.8 Å². The van der Waals surface area contributed by atoms with Crippen molar-refractivity contribution in [2.24, 2.45) is 0 Å². The van der Waals surface area contributed by atoms with Crippen molar-refractivity contribution >= 4 is 17.6 Å². The summed E-state index contributed by atoms with van der Waals surface area (Å²) in [7, 11) is 3.48. The van der Waals surface area contributed by atoms with E-state index >= 15 is 0 Å². The summed E-state index contributed by atoms with van der Waals surface area (Å²) in [4.78, 5) is 13.9. The Kier molecular flexibility index (Phi) is 4.18. The normalized spacial score (nSPS) is 14.7. The van der Waals surface area contributed by atoms with Gasteiger partial charge in [0.1, 0.15) is 6.54 Å². The molecular weight excluding hydrogens is 302 g/mol. The molecule has 116 valence electrons. The fourth-order valence-corrected chi connectivity index (χ4v) is 3.00. The molecule has 0 amide bonds. The van der Waals surface area contributed by atoms with Gasteiger partial charge in [0.15, 0.2) is 0 Å². The van der Waals surface area contributed by atoms with Crippen LogP contribution in [-0.4, -0.2) is 41.4 Å². The molecule has 0 saturated carbocycles. The third-order valence-electron chi connectivity index (χ3n) is 3.93. The molecule has 2 aromatic rings. The molecule has 0 unspecified atom stereocenters. The van der Waals surface area contributed by atoms with Crippen LogP contribution in [-0.2, 0) is 29.0 Å². The first-order valence-electron chi connectivity index (χ1n) is 7.18. The Morgan fingerprint density at radius 1 is 1.45 bits per heavy atom. The van der Waals surface area contributed by atoms with Crippen LogP contribution < -0.4 is 0 Å². The highest BCUT2D eigenvalue weighted by Gasteiger charge is 2.25. The Morgan fingerprint density at radius 3 is 3.00 bits per heavy atom. The number of hydrogen-bond donors (Lipinski definition) is 0. The second-order valence-corrected chi connectivity index (χ2v) is 5.94. The van der Waals surface area contributed by atoms with Crippen LogP contribution in [0, 0.1) is 0 Å². The van der Waals surface area contributed by atoms with E-state index in [1.807, 2.05) is 24.3 Å². The van der Waals surface area contributed by atoms with Gasteiger partial charge in [-0.1, -0.05) is 23.7 Å². The number of methoxy groups -OCH3 is 1. The molecule has 1 aliphatic heterocycles. The van der Waals surface area contributed by atoms with Crippen LogP contribution in [0.25, 0.3) is 11.3 Å². The number of nitrogens with zero attached hydrogens (tertiary/aromatic N) is 3. The molecule has 1 aromatic carbocycles. The largest absolute Gasteiger partial charge is 0.468 e. The Balaban J connectivity index is 2.08. The van der Waals surface area contributed by atoms with Crippen LogP contribution in [0.15, 0.2) is 24.3 Å². The first kappa shape index (κ1) is 15.1. The van der Waals surface area contributed by atoms with Crippen molar-refractivity contribution in [3.8, 4) is 11.3 Å². The molecule has 0 fully saturated rings. The van der Waals surface area contributed by atoms with Crippen molar-refractivity contribution in [3.05, 3.63) is 40.5 Å². The van der Waals surface area contributed by atoms with Gasteiger partial charge >= 0.3 is 5.97 Å². The zero-order valence-electron chi connectivity index (χ0n) is 12.7. The Morgan fingerprint density at radius 2 is 2.27 bits per heavy atom. The molecular formula is C16H18ClN3O2. The number of halogens is 1. The average molecular weight is 320 g/mol. The summed E-state index contributed by atoms with van der Waals surface area (Å²) in [5, 5.41) is 5.33. The number of esters is 1. The van der Waals surface area contributed by atoms with Crippen LogP contribution in [0.5, 0.6) is 0 Å². The minimum atomic E-state index is -0.290. The number of ether oxygens (including phenoxy) is 1. The first-order chi connectivity index (χ1) is 10.6. The lowest BCUT2D eigenvalue weighted by atomic mass is 10.0. The molecule has 5 nitrogen and oxygen atoms in total. The van der Waals surface area contributed by atoms with E-state index in [1.54, 1.807) is 4.68 Å². The number of hydrogen-bond acceptors (Lipinski definition) is 4. The van der Waals surface area contributed by atoms with Crippen LogP contribution in [0.2, 0.25) is 5.02 Å². The number of rotatable bonds is 3. The average Bonchev–Trinajstić information content (AvgIpc) is 2.85. The molecule has 1 aromatic heterocycles. The van der Waals surface area contributed by atoms with Crippen molar-refractivity contribution in [2.45, 2.75) is 19.5 Å². The summed E-state index contributed by atoms with van der Waals surface area (Å²) < 4.78 is 6.54. The summed E-state index contributed by atoms with van der Waals surface area (Å²) >= 11 is 6.10. The highest BCUT2D eigenvalue weighted by Crippen LogP contribution is 2.30. The molecule has 22 heavy (non-hydrogen) atoms. The third-order valence-corrected chi connectivity index (χ3v) is 4.16. The summed E-state index contributed by atoms with van der Waals surface area (Å²) in [5.41, 5.74) is 4.15. The number of likely N-dealkylation sites (N-methyl/N-ethyl adjacent to an activating group) is 1. The predicted octanol–water partition coefficient (Wildman–Crippen LogP) is 2.36. The van der Waals surface area contributed by atoms with Gasteiger partial charge in [-0.05, 0) is 19.2 Å². The van der Waals surface area contributed by atoms with E-state index in [0.717, 1.165) is 36.5 Å². The monoisotopic (exact) mass is 319 g/mol. The number of benzene rings is 1.